The lowest BCUT2D eigenvalue weighted by Crippen LogP contribution is -1.80. The lowest BCUT2D eigenvalue weighted by molar-refractivity contribution is 1.41. The molecule has 0 unspecified atom stereocenters. The van der Waals surface area contributed by atoms with E-state index in [9.17, 15) is 0 Å². The van der Waals surface area contributed by atoms with Gasteiger partial charge in [-0.2, -0.15) is 11.3 Å². The van der Waals surface area contributed by atoms with Gasteiger partial charge in [-0.05, 0) is 45.6 Å². The van der Waals surface area contributed by atoms with E-state index in [1.807, 2.05) is 6.21 Å². The summed E-state index contributed by atoms with van der Waals surface area (Å²) < 4.78 is 0. The van der Waals surface area contributed by atoms with Crippen LogP contribution in [0.15, 0.2) is 40.0 Å². The van der Waals surface area contributed by atoms with Crippen molar-refractivity contribution in [1.29, 1.82) is 0 Å². The van der Waals surface area contributed by atoms with Gasteiger partial charge in [-0.15, -0.1) is 0 Å². The monoisotopic (exact) mass is 199 g/mol. The Morgan fingerprint density at radius 2 is 2.14 bits per heavy atom. The van der Waals surface area contributed by atoms with Crippen molar-refractivity contribution in [2.75, 3.05) is 0 Å². The van der Waals surface area contributed by atoms with Crippen molar-refractivity contribution in [3.05, 3.63) is 40.6 Å². The minimum absolute atomic E-state index is 0.979. The van der Waals surface area contributed by atoms with Crippen LogP contribution in [0.3, 0.4) is 0 Å². The zero-order valence-corrected chi connectivity index (χ0v) is 8.42. The van der Waals surface area contributed by atoms with Gasteiger partial charge in [0.05, 0.1) is 5.69 Å². The van der Waals surface area contributed by atoms with Crippen LogP contribution in [0.5, 0.6) is 0 Å². The van der Waals surface area contributed by atoms with Gasteiger partial charge >= 0.3 is 0 Å². The molecule has 0 spiro atoms. The largest absolute Gasteiger partial charge is 0.261 e. The third-order valence-electron chi connectivity index (χ3n) is 2.48. The predicted octanol–water partition coefficient (Wildman–Crippen LogP) is 3.67. The summed E-state index contributed by atoms with van der Waals surface area (Å²) in [6.07, 6.45) is 2.95. The van der Waals surface area contributed by atoms with Crippen LogP contribution in [-0.4, -0.2) is 6.21 Å². The highest BCUT2D eigenvalue weighted by atomic mass is 32.1. The van der Waals surface area contributed by atoms with Crippen molar-refractivity contribution in [2.24, 2.45) is 4.99 Å². The third kappa shape index (κ3) is 1.19. The highest BCUT2D eigenvalue weighted by Gasteiger charge is 2.07. The Balaban J connectivity index is 2.11. The molecular weight excluding hydrogens is 190 g/mol. The number of hydrogen-bond acceptors (Lipinski definition) is 2. The van der Waals surface area contributed by atoms with E-state index in [1.54, 1.807) is 11.3 Å². The second-order valence-electron chi connectivity index (χ2n) is 3.37. The van der Waals surface area contributed by atoms with Gasteiger partial charge in [0.15, 0.2) is 0 Å². The lowest BCUT2D eigenvalue weighted by atomic mass is 10.0. The van der Waals surface area contributed by atoms with E-state index in [1.165, 1.54) is 16.7 Å². The Labute approximate surface area is 86.7 Å². The maximum atomic E-state index is 4.30. The summed E-state index contributed by atoms with van der Waals surface area (Å²) >= 11 is 1.74. The van der Waals surface area contributed by atoms with Gasteiger partial charge in [0.2, 0.25) is 0 Å². The summed E-state index contributed by atoms with van der Waals surface area (Å²) in [6.45, 7) is 0. The fourth-order valence-corrected chi connectivity index (χ4v) is 2.39. The second-order valence-corrected chi connectivity index (χ2v) is 4.15. The predicted molar refractivity (Wildman–Crippen MR) is 61.6 cm³/mol. The molecule has 14 heavy (non-hydrogen) atoms. The van der Waals surface area contributed by atoms with Gasteiger partial charge in [0.25, 0.3) is 0 Å². The molecule has 0 fully saturated rings. The standard InChI is InChI=1S/C12H9NS/c1-2-12-10(3-5-13-12)7-9(1)11-4-6-14-8-11/h1-2,4-8H,3H2. The average molecular weight is 199 g/mol. The summed E-state index contributed by atoms with van der Waals surface area (Å²) in [5.74, 6) is 0. The van der Waals surface area contributed by atoms with Gasteiger partial charge in [0, 0.05) is 12.6 Å². The quantitative estimate of drug-likeness (QED) is 0.664. The minimum atomic E-state index is 0.979. The zero-order valence-electron chi connectivity index (χ0n) is 7.60. The molecule has 0 saturated carbocycles. The van der Waals surface area contributed by atoms with Gasteiger partial charge in [0.1, 0.15) is 0 Å². The molecule has 68 valence electrons. The lowest BCUT2D eigenvalue weighted by Gasteiger charge is -2.01. The van der Waals surface area contributed by atoms with Crippen LogP contribution in [0.25, 0.3) is 11.1 Å². The molecule has 0 atom stereocenters. The van der Waals surface area contributed by atoms with Crippen LogP contribution >= 0.6 is 11.3 Å². The number of thiophene rings is 1. The van der Waals surface area contributed by atoms with Crippen LogP contribution in [0.1, 0.15) is 5.56 Å². The summed E-state index contributed by atoms with van der Waals surface area (Å²) in [7, 11) is 0. The Morgan fingerprint density at radius 3 is 3.00 bits per heavy atom. The first-order valence-corrected chi connectivity index (χ1v) is 5.56. The van der Waals surface area contributed by atoms with Gasteiger partial charge in [-0.1, -0.05) is 6.07 Å². The van der Waals surface area contributed by atoms with Crippen LogP contribution in [0.4, 0.5) is 5.69 Å². The Bertz CT molecular complexity index is 483. The van der Waals surface area contributed by atoms with Crippen molar-refractivity contribution in [1.82, 2.24) is 0 Å². The Morgan fingerprint density at radius 1 is 1.14 bits per heavy atom. The van der Waals surface area contributed by atoms with Gasteiger partial charge < -0.3 is 0 Å². The molecule has 0 saturated heterocycles. The maximum Gasteiger partial charge on any atom is 0.0661 e. The molecule has 1 nitrogen and oxygen atoms in total. The molecule has 2 heteroatoms. The molecule has 0 radical (unpaired) electrons. The number of rotatable bonds is 1. The van der Waals surface area contributed by atoms with E-state index in [0.717, 1.165) is 12.1 Å². The highest BCUT2D eigenvalue weighted by molar-refractivity contribution is 7.08. The number of benzene rings is 1. The molecule has 1 aromatic heterocycles. The van der Waals surface area contributed by atoms with E-state index < -0.39 is 0 Å². The molecule has 1 aromatic carbocycles. The molecule has 2 aromatic rings. The number of nitrogens with zero attached hydrogens (tertiary/aromatic N) is 1. The molecular formula is C12H9NS. The molecule has 0 N–H and O–H groups in total. The van der Waals surface area contributed by atoms with E-state index in [4.69, 9.17) is 0 Å². The fraction of sp³-hybridized carbons (Fsp3) is 0.0833. The van der Waals surface area contributed by atoms with Gasteiger partial charge in [-0.25, -0.2) is 0 Å². The van der Waals surface area contributed by atoms with Crippen LogP contribution in [0, 0.1) is 0 Å². The molecule has 2 heterocycles. The second kappa shape index (κ2) is 3.07. The molecule has 1 aliphatic heterocycles. The summed E-state index contributed by atoms with van der Waals surface area (Å²) in [6, 6.07) is 8.64. The summed E-state index contributed by atoms with van der Waals surface area (Å²) in [5.41, 5.74) is 5.08. The molecule has 0 aliphatic carbocycles. The molecule has 0 amide bonds. The number of aliphatic imine (C=N–C) groups is 1. The summed E-state index contributed by atoms with van der Waals surface area (Å²) in [4.78, 5) is 4.30. The van der Waals surface area contributed by atoms with Crippen molar-refractivity contribution < 1.29 is 0 Å². The van der Waals surface area contributed by atoms with E-state index in [2.05, 4.69) is 40.0 Å². The fourth-order valence-electron chi connectivity index (χ4n) is 1.73. The van der Waals surface area contributed by atoms with Crippen LogP contribution in [0.2, 0.25) is 0 Å². The van der Waals surface area contributed by atoms with E-state index in [-0.39, 0.29) is 0 Å². The first-order chi connectivity index (χ1) is 6.93. The maximum absolute atomic E-state index is 4.30. The number of hydrogen-bond donors (Lipinski definition) is 0. The smallest absolute Gasteiger partial charge is 0.0661 e. The third-order valence-corrected chi connectivity index (χ3v) is 3.16. The van der Waals surface area contributed by atoms with Crippen molar-refractivity contribution >= 4 is 23.2 Å². The normalized spacial score (nSPS) is 13.1. The average Bonchev–Trinajstić information content (AvgIpc) is 2.88. The van der Waals surface area contributed by atoms with Crippen LogP contribution < -0.4 is 0 Å². The number of fused-ring (bicyclic) bond motifs is 1. The van der Waals surface area contributed by atoms with E-state index in [0.29, 0.717) is 0 Å². The van der Waals surface area contributed by atoms with E-state index >= 15 is 0 Å². The molecule has 3 rings (SSSR count). The van der Waals surface area contributed by atoms with Crippen LogP contribution in [-0.2, 0) is 6.42 Å². The van der Waals surface area contributed by atoms with Crippen molar-refractivity contribution in [2.45, 2.75) is 6.42 Å². The summed E-state index contributed by atoms with van der Waals surface area (Å²) in [5, 5.41) is 4.29. The zero-order chi connectivity index (χ0) is 9.38. The van der Waals surface area contributed by atoms with Crippen molar-refractivity contribution in [3.63, 3.8) is 0 Å². The first-order valence-electron chi connectivity index (χ1n) is 4.61. The minimum Gasteiger partial charge on any atom is -0.261 e. The topological polar surface area (TPSA) is 12.4 Å². The highest BCUT2D eigenvalue weighted by Crippen LogP contribution is 2.30. The molecule has 0 bridgehead atoms. The van der Waals surface area contributed by atoms with Crippen molar-refractivity contribution in [3.8, 4) is 11.1 Å². The van der Waals surface area contributed by atoms with Gasteiger partial charge in [-0.3, -0.25) is 4.99 Å². The first kappa shape index (κ1) is 7.94. The Hall–Kier alpha value is -1.41. The SMILES string of the molecule is C1=Nc2ccc(-c3ccsc3)cc2C1. The Kier molecular flexibility index (Phi) is 1.74. The molecule has 1 aliphatic rings.